The van der Waals surface area contributed by atoms with Gasteiger partial charge < -0.3 is 19.1 Å². The molecule has 0 aliphatic rings. The molecular formula is C42H35N3O4S3. The van der Waals surface area contributed by atoms with Gasteiger partial charge in [0.05, 0.1) is 36.4 Å². The van der Waals surface area contributed by atoms with Crippen molar-refractivity contribution in [2.75, 3.05) is 26.2 Å². The monoisotopic (exact) mass is 741 g/mol. The van der Waals surface area contributed by atoms with Crippen LogP contribution in [0.4, 0.5) is 17.1 Å². The van der Waals surface area contributed by atoms with Crippen molar-refractivity contribution in [3.05, 3.63) is 127 Å². The van der Waals surface area contributed by atoms with Gasteiger partial charge in [-0.3, -0.25) is 0 Å². The number of esters is 1. The summed E-state index contributed by atoms with van der Waals surface area (Å²) in [5.74, 6) is 7.58. The van der Waals surface area contributed by atoms with Gasteiger partial charge in [0.15, 0.2) is 5.57 Å². The Morgan fingerprint density at radius 2 is 1.29 bits per heavy atom. The molecule has 3 aromatic heterocycles. The maximum Gasteiger partial charge on any atom is 0.351 e. The number of ether oxygens (including phenoxy) is 3. The number of benzene rings is 3. The molecule has 260 valence electrons. The van der Waals surface area contributed by atoms with Crippen molar-refractivity contribution in [3.63, 3.8) is 0 Å². The van der Waals surface area contributed by atoms with Crippen molar-refractivity contribution in [1.82, 2.24) is 4.98 Å². The predicted molar refractivity (Wildman–Crippen MR) is 213 cm³/mol. The third-order valence-corrected chi connectivity index (χ3v) is 11.2. The Bertz CT molecular complexity index is 2390. The van der Waals surface area contributed by atoms with Gasteiger partial charge in [0.25, 0.3) is 0 Å². The molecule has 0 aliphatic carbocycles. The molecule has 0 saturated heterocycles. The Balaban J connectivity index is 1.23. The smallest absolute Gasteiger partial charge is 0.351 e. The number of thiophene rings is 2. The molecule has 52 heavy (non-hydrogen) atoms. The van der Waals surface area contributed by atoms with Crippen LogP contribution < -0.4 is 23.6 Å². The lowest BCUT2D eigenvalue weighted by Gasteiger charge is -2.25. The first-order valence-electron chi connectivity index (χ1n) is 16.2. The van der Waals surface area contributed by atoms with Crippen LogP contribution in [0.1, 0.15) is 41.8 Å². The van der Waals surface area contributed by atoms with Crippen molar-refractivity contribution in [3.8, 4) is 39.2 Å². The molecule has 0 bridgehead atoms. The predicted octanol–water partition coefficient (Wildman–Crippen LogP) is 8.79. The number of carbonyl (C=O) groups is 1. The van der Waals surface area contributed by atoms with Crippen molar-refractivity contribution >= 4 is 68.7 Å². The van der Waals surface area contributed by atoms with Gasteiger partial charge in [0, 0.05) is 42.7 Å². The molecule has 0 radical (unpaired) electrons. The van der Waals surface area contributed by atoms with Crippen LogP contribution in [0.2, 0.25) is 0 Å². The molecule has 6 rings (SSSR count). The highest BCUT2D eigenvalue weighted by atomic mass is 32.1. The Kier molecular flexibility index (Phi) is 10.9. The minimum atomic E-state index is -0.684. The van der Waals surface area contributed by atoms with Crippen molar-refractivity contribution in [2.24, 2.45) is 0 Å². The van der Waals surface area contributed by atoms with E-state index in [-0.39, 0.29) is 11.0 Å². The van der Waals surface area contributed by atoms with Gasteiger partial charge in [-0.15, -0.1) is 34.0 Å². The van der Waals surface area contributed by atoms with E-state index in [1.807, 2.05) is 66.7 Å². The highest BCUT2D eigenvalue weighted by molar-refractivity contribution is 7.22. The molecule has 0 fully saturated rings. The average molecular weight is 742 g/mol. The zero-order valence-corrected chi connectivity index (χ0v) is 32.0. The molecule has 0 spiro atoms. The van der Waals surface area contributed by atoms with Gasteiger partial charge >= 0.3 is 5.97 Å². The maximum absolute atomic E-state index is 12.2. The number of hydrogen-bond acceptors (Lipinski definition) is 10. The summed E-state index contributed by atoms with van der Waals surface area (Å²) in [6.07, 6.45) is 2.07. The summed E-state index contributed by atoms with van der Waals surface area (Å²) in [4.78, 5) is 23.3. The number of hydrogen-bond donors (Lipinski definition) is 0. The molecule has 0 unspecified atom stereocenters. The Hall–Kier alpha value is -5.65. The van der Waals surface area contributed by atoms with E-state index in [0.29, 0.717) is 4.66 Å². The number of anilines is 3. The van der Waals surface area contributed by atoms with Gasteiger partial charge in [-0.05, 0) is 103 Å². The highest BCUT2D eigenvalue weighted by Gasteiger charge is 2.22. The fourth-order valence-electron chi connectivity index (χ4n) is 5.32. The van der Waals surface area contributed by atoms with Gasteiger partial charge in [0.2, 0.25) is 0 Å². The summed E-state index contributed by atoms with van der Waals surface area (Å²) in [6.45, 7) is 6.20. The van der Waals surface area contributed by atoms with E-state index < -0.39 is 5.97 Å². The molecule has 6 aromatic rings. The number of aromatic nitrogens is 1. The molecule has 0 atom stereocenters. The lowest BCUT2D eigenvalue weighted by Crippen LogP contribution is -2.21. The van der Waals surface area contributed by atoms with Crippen LogP contribution in [0.3, 0.4) is 0 Å². The minimum Gasteiger partial charge on any atom is -0.497 e. The molecule has 3 heterocycles. The maximum atomic E-state index is 12.2. The summed E-state index contributed by atoms with van der Waals surface area (Å²) >= 11 is 4.65. The third-order valence-electron chi connectivity index (χ3n) is 7.94. The summed E-state index contributed by atoms with van der Waals surface area (Å²) in [7, 11) is 4.59. The van der Waals surface area contributed by atoms with E-state index in [1.165, 1.54) is 18.4 Å². The van der Waals surface area contributed by atoms with E-state index in [0.717, 1.165) is 63.9 Å². The quantitative estimate of drug-likeness (QED) is 0.114. The zero-order chi connectivity index (χ0) is 36.8. The van der Waals surface area contributed by atoms with Crippen LogP contribution in [-0.4, -0.2) is 32.3 Å². The first-order chi connectivity index (χ1) is 25.1. The Morgan fingerprint density at radius 1 is 0.731 bits per heavy atom. The van der Waals surface area contributed by atoms with Crippen LogP contribution in [0.15, 0.2) is 97.1 Å². The van der Waals surface area contributed by atoms with Crippen LogP contribution in [-0.2, 0) is 14.9 Å². The Morgan fingerprint density at radius 3 is 1.83 bits per heavy atom. The summed E-state index contributed by atoms with van der Waals surface area (Å²) in [5, 5.41) is 9.60. The summed E-state index contributed by atoms with van der Waals surface area (Å²) in [5.41, 5.74) is 4.38. The first-order valence-corrected chi connectivity index (χ1v) is 18.7. The van der Waals surface area contributed by atoms with E-state index in [2.05, 4.69) is 80.0 Å². The first kappa shape index (κ1) is 36.2. The SMILES string of the molecule is COC(=O)/C(C#N)=c1/nc(C(C)(C)C)c(=Cc2ccc(-c3ccc(C#Cc4ccc(N(c5ccc(OC)cc5)c5ccc(OC)cc5)cc4)s3)s2)s1. The minimum absolute atomic E-state index is 0.0863. The second-order valence-electron chi connectivity index (χ2n) is 12.5. The van der Waals surface area contributed by atoms with Crippen LogP contribution in [0, 0.1) is 23.2 Å². The number of nitrogens with zero attached hydrogens (tertiary/aromatic N) is 3. The number of rotatable bonds is 8. The number of nitriles is 1. The van der Waals surface area contributed by atoms with E-state index in [9.17, 15) is 10.1 Å². The molecule has 7 nitrogen and oxygen atoms in total. The normalized spacial score (nSPS) is 12.0. The number of thiazole rings is 1. The van der Waals surface area contributed by atoms with E-state index >= 15 is 0 Å². The lowest BCUT2D eigenvalue weighted by molar-refractivity contribution is -0.133. The average Bonchev–Trinajstić information content (AvgIpc) is 3.93. The summed E-state index contributed by atoms with van der Waals surface area (Å²) in [6, 6.07) is 34.5. The van der Waals surface area contributed by atoms with Gasteiger partial charge in [-0.25, -0.2) is 9.78 Å². The molecule has 0 saturated carbocycles. The topological polar surface area (TPSA) is 84.7 Å². The molecular weight excluding hydrogens is 707 g/mol. The Labute approximate surface area is 315 Å². The molecule has 0 aliphatic heterocycles. The van der Waals surface area contributed by atoms with E-state index in [1.54, 1.807) is 36.9 Å². The van der Waals surface area contributed by atoms with E-state index in [4.69, 9.17) is 19.2 Å². The number of carbonyl (C=O) groups excluding carboxylic acids is 1. The van der Waals surface area contributed by atoms with Gasteiger partial charge in [-0.2, -0.15) is 5.26 Å². The highest BCUT2D eigenvalue weighted by Crippen LogP contribution is 2.37. The number of methoxy groups -OCH3 is 3. The summed E-state index contributed by atoms with van der Waals surface area (Å²) < 4.78 is 16.8. The molecule has 10 heteroatoms. The molecule has 0 amide bonds. The van der Waals surface area contributed by atoms with Crippen molar-refractivity contribution < 1.29 is 19.0 Å². The second kappa shape index (κ2) is 15.7. The van der Waals surface area contributed by atoms with Crippen molar-refractivity contribution in [1.29, 1.82) is 5.26 Å². The lowest BCUT2D eigenvalue weighted by atomic mass is 9.92. The van der Waals surface area contributed by atoms with Crippen LogP contribution >= 0.6 is 34.0 Å². The zero-order valence-electron chi connectivity index (χ0n) is 29.5. The van der Waals surface area contributed by atoms with Crippen molar-refractivity contribution in [2.45, 2.75) is 26.2 Å². The van der Waals surface area contributed by atoms with Crippen LogP contribution in [0.25, 0.3) is 21.4 Å². The second-order valence-corrected chi connectivity index (χ2v) is 15.7. The van der Waals surface area contributed by atoms with Gasteiger partial charge in [0.1, 0.15) is 22.2 Å². The fourth-order valence-corrected chi connectivity index (χ4v) is 8.51. The van der Waals surface area contributed by atoms with Gasteiger partial charge in [-0.1, -0.05) is 32.6 Å². The standard InChI is InChI=1S/C42H35N3O4S3/c1-42(2,3)39-38(52-40(44-39)35(26-43)41(46)49-6)25-34-22-24-37(51-34)36-23-21-33(50-36)20-9-27-7-10-28(11-8-27)45(29-12-16-31(47-4)17-13-29)30-14-18-32(48-5)19-15-30/h7-8,10-19,21-25H,1-6H3/b38-25?,40-35-. The third kappa shape index (κ3) is 8.11. The van der Waals surface area contributed by atoms with Crippen LogP contribution in [0.5, 0.6) is 11.5 Å². The fraction of sp³-hybridized carbons (Fsp3) is 0.167. The largest absolute Gasteiger partial charge is 0.497 e. The molecule has 3 aromatic carbocycles. The molecule has 0 N–H and O–H groups in total.